The van der Waals surface area contributed by atoms with Crippen LogP contribution >= 0.6 is 0 Å². The first kappa shape index (κ1) is 18.7. The largest absolute Gasteiger partial charge is 0.463 e. The summed E-state index contributed by atoms with van der Waals surface area (Å²) < 4.78 is 12.9. The van der Waals surface area contributed by atoms with E-state index < -0.39 is 0 Å². The normalized spacial score (nSPS) is 29.2. The van der Waals surface area contributed by atoms with Gasteiger partial charge in [-0.2, -0.15) is 5.10 Å². The Morgan fingerprint density at radius 3 is 2.90 bits per heavy atom. The van der Waals surface area contributed by atoms with Crippen molar-refractivity contribution in [3.8, 4) is 11.5 Å². The summed E-state index contributed by atoms with van der Waals surface area (Å²) in [5.41, 5.74) is 2.18. The monoisotopic (exact) mass is 399 g/mol. The van der Waals surface area contributed by atoms with Crippen LogP contribution in [0.2, 0.25) is 0 Å². The molecule has 4 aliphatic rings. The van der Waals surface area contributed by atoms with Crippen molar-refractivity contribution in [2.75, 3.05) is 45.9 Å². The molecular weight excluding hydrogens is 370 g/mol. The van der Waals surface area contributed by atoms with E-state index in [9.17, 15) is 4.79 Å². The number of piperidine rings is 3. The van der Waals surface area contributed by atoms with Crippen LogP contribution in [-0.2, 0) is 11.8 Å². The van der Waals surface area contributed by atoms with Gasteiger partial charge in [0.05, 0.1) is 19.5 Å². The lowest BCUT2D eigenvalue weighted by atomic mass is 9.74. The lowest BCUT2D eigenvalue weighted by molar-refractivity contribution is 0.0265. The third kappa shape index (κ3) is 3.67. The molecule has 6 rings (SSSR count). The van der Waals surface area contributed by atoms with Crippen LogP contribution in [0.1, 0.15) is 24.5 Å². The zero-order valence-electron chi connectivity index (χ0n) is 16.9. The highest BCUT2D eigenvalue weighted by atomic mass is 16.5. The first-order valence-electron chi connectivity index (χ1n) is 10.6. The number of nitrogens with one attached hydrogen (secondary N) is 1. The van der Waals surface area contributed by atoms with Gasteiger partial charge in [0.25, 0.3) is 0 Å². The highest BCUT2D eigenvalue weighted by molar-refractivity contribution is 5.74. The van der Waals surface area contributed by atoms with Crippen LogP contribution in [0.3, 0.4) is 0 Å². The molecule has 0 spiro atoms. The number of hydrogen-bond donors (Lipinski definition) is 1. The number of nitrogens with zero attached hydrogens (tertiary/aromatic N) is 4. The van der Waals surface area contributed by atoms with Crippen molar-refractivity contribution in [2.24, 2.45) is 13.0 Å². The van der Waals surface area contributed by atoms with Gasteiger partial charge in [-0.3, -0.25) is 9.58 Å². The summed E-state index contributed by atoms with van der Waals surface area (Å²) in [6.45, 7) is 5.51. The molecule has 2 amide bonds. The second-order valence-electron chi connectivity index (χ2n) is 8.38. The Bertz CT molecular complexity index is 843. The molecule has 2 aromatic rings. The number of fused-ring (bicyclic) bond motifs is 3. The first-order chi connectivity index (χ1) is 14.2. The van der Waals surface area contributed by atoms with E-state index >= 15 is 0 Å². The zero-order chi connectivity index (χ0) is 19.8. The summed E-state index contributed by atoms with van der Waals surface area (Å²) in [6.07, 6.45) is 4.02. The van der Waals surface area contributed by atoms with Crippen molar-refractivity contribution in [1.82, 2.24) is 24.9 Å². The second kappa shape index (κ2) is 7.84. The summed E-state index contributed by atoms with van der Waals surface area (Å²) in [5.74, 6) is 1.93. The van der Waals surface area contributed by atoms with Gasteiger partial charge in [-0.15, -0.1) is 0 Å². The average molecular weight is 399 g/mol. The second-order valence-corrected chi connectivity index (χ2v) is 8.38. The number of rotatable bonds is 4. The number of furan rings is 1. The van der Waals surface area contributed by atoms with Gasteiger partial charge in [0.15, 0.2) is 5.76 Å². The molecule has 1 N–H and O–H groups in total. The van der Waals surface area contributed by atoms with Crippen molar-refractivity contribution < 1.29 is 13.9 Å². The molecule has 8 nitrogen and oxygen atoms in total. The SMILES string of the molecule is Cn1nc(-c2ccco2)cc1[C@H]1CN2CC[C@H]1C[C@@H]2CNC(=O)N1CCOCC1. The Hall–Kier alpha value is -2.32. The molecule has 8 heteroatoms. The van der Waals surface area contributed by atoms with Crippen LogP contribution in [0.25, 0.3) is 11.5 Å². The Labute approximate surface area is 170 Å². The van der Waals surface area contributed by atoms with E-state index in [0.717, 1.165) is 37.5 Å². The van der Waals surface area contributed by atoms with Gasteiger partial charge in [0, 0.05) is 50.9 Å². The fraction of sp³-hybridized carbons (Fsp3) is 0.619. The maximum Gasteiger partial charge on any atom is 0.317 e. The molecule has 2 bridgehead atoms. The van der Waals surface area contributed by atoms with Crippen molar-refractivity contribution >= 4 is 6.03 Å². The van der Waals surface area contributed by atoms with Crippen LogP contribution in [0.4, 0.5) is 4.79 Å². The van der Waals surface area contributed by atoms with E-state index in [1.165, 1.54) is 12.1 Å². The van der Waals surface area contributed by atoms with Crippen molar-refractivity contribution in [3.05, 3.63) is 30.2 Å². The van der Waals surface area contributed by atoms with E-state index in [2.05, 4.69) is 21.4 Å². The summed E-state index contributed by atoms with van der Waals surface area (Å²) in [6, 6.07) is 6.50. The number of carbonyl (C=O) groups excluding carboxylic acids is 1. The topological polar surface area (TPSA) is 75.8 Å². The van der Waals surface area contributed by atoms with Crippen LogP contribution < -0.4 is 5.32 Å². The van der Waals surface area contributed by atoms with Crippen LogP contribution in [0.5, 0.6) is 0 Å². The Morgan fingerprint density at radius 1 is 1.31 bits per heavy atom. The third-order valence-corrected chi connectivity index (χ3v) is 6.74. The maximum atomic E-state index is 12.4. The fourth-order valence-electron chi connectivity index (χ4n) is 5.14. The molecular formula is C21H29N5O3. The van der Waals surface area contributed by atoms with Crippen molar-refractivity contribution in [2.45, 2.75) is 24.8 Å². The van der Waals surface area contributed by atoms with Gasteiger partial charge < -0.3 is 19.4 Å². The number of hydrogen-bond acceptors (Lipinski definition) is 5. The molecule has 4 saturated heterocycles. The highest BCUT2D eigenvalue weighted by Crippen LogP contribution is 2.42. The zero-order valence-corrected chi connectivity index (χ0v) is 16.9. The van der Waals surface area contributed by atoms with E-state index in [1.54, 1.807) is 6.26 Å². The third-order valence-electron chi connectivity index (χ3n) is 6.74. The minimum Gasteiger partial charge on any atom is -0.463 e. The number of aromatic nitrogens is 2. The predicted octanol–water partition coefficient (Wildman–Crippen LogP) is 1.90. The van der Waals surface area contributed by atoms with Gasteiger partial charge in [-0.1, -0.05) is 0 Å². The maximum absolute atomic E-state index is 12.4. The highest BCUT2D eigenvalue weighted by Gasteiger charge is 2.42. The molecule has 0 saturated carbocycles. The van der Waals surface area contributed by atoms with Crippen LogP contribution in [-0.4, -0.2) is 77.6 Å². The number of carbonyl (C=O) groups is 1. The van der Waals surface area contributed by atoms with Gasteiger partial charge in [-0.05, 0) is 43.5 Å². The fourth-order valence-corrected chi connectivity index (χ4v) is 5.14. The molecule has 0 aromatic carbocycles. The minimum absolute atomic E-state index is 0.0437. The van der Waals surface area contributed by atoms with Crippen molar-refractivity contribution in [3.63, 3.8) is 0 Å². The molecule has 0 radical (unpaired) electrons. The number of urea groups is 1. The van der Waals surface area contributed by atoms with Crippen molar-refractivity contribution in [1.29, 1.82) is 0 Å². The molecule has 6 heterocycles. The van der Waals surface area contributed by atoms with Crippen LogP contribution in [0.15, 0.2) is 28.9 Å². The van der Waals surface area contributed by atoms with Gasteiger partial charge in [-0.25, -0.2) is 4.79 Å². The van der Waals surface area contributed by atoms with E-state index in [1.807, 2.05) is 28.8 Å². The molecule has 0 aliphatic carbocycles. The molecule has 156 valence electrons. The Kier molecular flexibility index (Phi) is 5.05. The summed E-state index contributed by atoms with van der Waals surface area (Å²) in [7, 11) is 2.03. The van der Waals surface area contributed by atoms with E-state index in [-0.39, 0.29) is 6.03 Å². The molecule has 1 unspecified atom stereocenters. The Balaban J connectivity index is 1.22. The summed E-state index contributed by atoms with van der Waals surface area (Å²) in [4.78, 5) is 16.8. The minimum atomic E-state index is 0.0437. The first-order valence-corrected chi connectivity index (χ1v) is 10.6. The van der Waals surface area contributed by atoms with E-state index in [0.29, 0.717) is 44.2 Å². The molecule has 29 heavy (non-hydrogen) atoms. The lowest BCUT2D eigenvalue weighted by Gasteiger charge is -2.50. The predicted molar refractivity (Wildman–Crippen MR) is 108 cm³/mol. The lowest BCUT2D eigenvalue weighted by Crippen LogP contribution is -2.57. The molecule has 2 aromatic heterocycles. The number of morpholine rings is 1. The summed E-state index contributed by atoms with van der Waals surface area (Å²) >= 11 is 0. The average Bonchev–Trinajstić information content (AvgIpc) is 3.43. The number of amides is 2. The number of aryl methyl sites for hydroxylation is 1. The molecule has 4 atom stereocenters. The Morgan fingerprint density at radius 2 is 2.17 bits per heavy atom. The smallest absolute Gasteiger partial charge is 0.317 e. The van der Waals surface area contributed by atoms with Gasteiger partial charge in [0.2, 0.25) is 0 Å². The quantitative estimate of drug-likeness (QED) is 0.850. The standard InChI is InChI=1S/C21H29N5O3/c1-24-19(12-18(23-24)20-3-2-8-29-20)17-14-26-5-4-15(17)11-16(26)13-22-21(27)25-6-9-28-10-7-25/h2-3,8,12,15-17H,4-7,9-11,13-14H2,1H3,(H,22,27)/t15-,16+,17-/m0/s1. The van der Waals surface area contributed by atoms with Crippen LogP contribution in [0, 0.1) is 5.92 Å². The van der Waals surface area contributed by atoms with Gasteiger partial charge >= 0.3 is 6.03 Å². The summed E-state index contributed by atoms with van der Waals surface area (Å²) in [5, 5.41) is 7.83. The molecule has 4 fully saturated rings. The number of ether oxygens (including phenoxy) is 1. The van der Waals surface area contributed by atoms with Gasteiger partial charge in [0.1, 0.15) is 5.69 Å². The van der Waals surface area contributed by atoms with E-state index in [4.69, 9.17) is 9.15 Å². The molecule has 4 aliphatic heterocycles.